The van der Waals surface area contributed by atoms with Crippen molar-refractivity contribution in [2.24, 2.45) is 0 Å². The van der Waals surface area contributed by atoms with Gasteiger partial charge in [0.1, 0.15) is 0 Å². The van der Waals surface area contributed by atoms with Gasteiger partial charge in [0.15, 0.2) is 0 Å². The van der Waals surface area contributed by atoms with Crippen LogP contribution in [0.5, 0.6) is 0 Å². The Bertz CT molecular complexity index is 1180. The second-order valence-corrected chi connectivity index (χ2v) is 20.0. The number of rotatable bonds is 9. The molecule has 60 heavy (non-hydrogen) atoms. The van der Waals surface area contributed by atoms with Gasteiger partial charge in [0.2, 0.25) is 0 Å². The molecule has 0 aromatic rings. The average Bonchev–Trinajstić information content (AvgIpc) is 3.19. The van der Waals surface area contributed by atoms with Crippen LogP contribution in [-0.2, 0) is 30.4 Å². The summed E-state index contributed by atoms with van der Waals surface area (Å²) in [5.41, 5.74) is 0. The average molecular weight is 947 g/mol. The fourth-order valence-corrected chi connectivity index (χ4v) is 8.01. The maximum Gasteiger partial charge on any atom is 1.00 e. The Hall–Kier alpha value is 2.41. The standard InChI is InChI=1S/C7H16N2O3S.C7H15NO3S.C6H14N2O3S.C6H13N.2C5H11N.CH4.3Na/c1-8-2-4-9(5-3-8)6-7-13(10,11)12;9-12(10,11)7-6-8-4-2-1-3-5-8;9-12(10,11)6-5-8-3-1-7-2-4-8;1-7-5-3-2-4-6-7;2*1-2-4-6-5-3-1;;;;/h2-7H2,1H3,(H,10,11,12);1-7H2,(H,9,10,11);7H,1-6H2,(H,9,10,11);2-6H2,1H3;2*6H,1-5H2;1H4;;;/q;;;;;;;3*+1/p-3. The Morgan fingerprint density at radius 3 is 0.900 bits per heavy atom. The van der Waals surface area contributed by atoms with Crippen molar-refractivity contribution in [1.82, 2.24) is 40.4 Å². The second kappa shape index (κ2) is 42.7. The Morgan fingerprint density at radius 1 is 0.367 bits per heavy atom. The molecule has 6 saturated heterocycles. The van der Waals surface area contributed by atoms with Crippen molar-refractivity contribution in [3.05, 3.63) is 0 Å². The molecule has 0 radical (unpaired) electrons. The van der Waals surface area contributed by atoms with E-state index in [-0.39, 0.29) is 113 Å². The van der Waals surface area contributed by atoms with E-state index in [4.69, 9.17) is 0 Å². The molecule has 0 spiro atoms. The first kappa shape index (κ1) is 69.0. The van der Waals surface area contributed by atoms with Crippen molar-refractivity contribution in [3.63, 3.8) is 0 Å². The van der Waals surface area contributed by atoms with Gasteiger partial charge in [-0.25, -0.2) is 25.3 Å². The van der Waals surface area contributed by atoms with E-state index in [2.05, 4.69) is 32.8 Å². The minimum Gasteiger partial charge on any atom is -0.748 e. The van der Waals surface area contributed by atoms with E-state index in [1.807, 2.05) is 21.7 Å². The molecule has 6 heterocycles. The molecule has 0 aromatic heterocycles. The van der Waals surface area contributed by atoms with E-state index in [0.717, 1.165) is 78.3 Å². The molecule has 6 aliphatic heterocycles. The van der Waals surface area contributed by atoms with Gasteiger partial charge in [-0.2, -0.15) is 0 Å². The summed E-state index contributed by atoms with van der Waals surface area (Å²) in [6.07, 6.45) is 16.2. The Kier molecular flexibility index (Phi) is 49.1. The number of hydrogen-bond donors (Lipinski definition) is 3. The van der Waals surface area contributed by atoms with Crippen LogP contribution in [0.25, 0.3) is 0 Å². The van der Waals surface area contributed by atoms with E-state index >= 15 is 0 Å². The topological polar surface area (TPSA) is 224 Å². The zero-order valence-electron chi connectivity index (χ0n) is 37.7. The first-order valence-electron chi connectivity index (χ1n) is 21.0. The van der Waals surface area contributed by atoms with E-state index in [1.54, 1.807) is 0 Å². The zero-order valence-corrected chi connectivity index (χ0v) is 46.1. The Labute approximate surface area is 433 Å². The van der Waals surface area contributed by atoms with Crippen LogP contribution in [0.4, 0.5) is 0 Å². The van der Waals surface area contributed by atoms with Crippen LogP contribution in [0.15, 0.2) is 0 Å². The summed E-state index contributed by atoms with van der Waals surface area (Å²) in [6.45, 7) is 17.7. The van der Waals surface area contributed by atoms with Crippen molar-refractivity contribution in [3.8, 4) is 0 Å². The molecule has 0 amide bonds. The summed E-state index contributed by atoms with van der Waals surface area (Å²) in [4.78, 5) is 10.6. The summed E-state index contributed by atoms with van der Waals surface area (Å²) >= 11 is 0. The molecule has 6 rings (SSSR count). The number of likely N-dealkylation sites (N-methyl/N-ethyl adjacent to an activating group) is 1. The van der Waals surface area contributed by atoms with Crippen LogP contribution in [-0.4, -0.2) is 219 Å². The molecule has 0 bridgehead atoms. The van der Waals surface area contributed by atoms with E-state index in [9.17, 15) is 38.9 Å². The summed E-state index contributed by atoms with van der Waals surface area (Å²) in [7, 11) is -7.87. The molecule has 344 valence electrons. The van der Waals surface area contributed by atoms with Crippen molar-refractivity contribution < 1.29 is 128 Å². The molecule has 0 aromatic carbocycles. The molecule has 0 unspecified atom stereocenters. The number of nitrogens with zero attached hydrogens (tertiary/aromatic N) is 5. The minimum absolute atomic E-state index is 0. The van der Waals surface area contributed by atoms with Gasteiger partial charge in [0.05, 0.1) is 47.6 Å². The Balaban J connectivity index is -0.000000317. The molecule has 0 atom stereocenters. The first-order chi connectivity index (χ1) is 26.5. The third kappa shape index (κ3) is 48.3. The maximum absolute atomic E-state index is 10.3. The number of nitrogens with one attached hydrogen (secondary N) is 3. The third-order valence-corrected chi connectivity index (χ3v) is 12.3. The van der Waals surface area contributed by atoms with Crippen LogP contribution < -0.4 is 105 Å². The molecule has 23 heteroatoms. The molecule has 17 nitrogen and oxygen atoms in total. The summed E-state index contributed by atoms with van der Waals surface area (Å²) in [5, 5.41) is 9.71. The van der Waals surface area contributed by atoms with Crippen LogP contribution in [0.1, 0.15) is 84.5 Å². The first-order valence-corrected chi connectivity index (χ1v) is 25.7. The molecule has 0 aliphatic carbocycles. The minimum atomic E-state index is -4.04. The normalized spacial score (nSPS) is 20.9. The predicted molar refractivity (Wildman–Crippen MR) is 229 cm³/mol. The quantitative estimate of drug-likeness (QED) is 0.144. The number of piperidine rings is 4. The smallest absolute Gasteiger partial charge is 0.748 e. The fourth-order valence-electron chi connectivity index (χ4n) is 6.57. The monoisotopic (exact) mass is 946 g/mol. The summed E-state index contributed by atoms with van der Waals surface area (Å²) in [6, 6.07) is 0. The van der Waals surface area contributed by atoms with Gasteiger partial charge >= 0.3 is 88.7 Å². The van der Waals surface area contributed by atoms with Crippen LogP contribution in [0, 0.1) is 0 Å². The zero-order chi connectivity index (χ0) is 41.5. The van der Waals surface area contributed by atoms with Crippen molar-refractivity contribution in [2.75, 3.05) is 156 Å². The van der Waals surface area contributed by atoms with E-state index in [1.165, 1.54) is 103 Å². The van der Waals surface area contributed by atoms with Crippen molar-refractivity contribution >= 4 is 30.4 Å². The van der Waals surface area contributed by atoms with Gasteiger partial charge in [-0.15, -0.1) is 0 Å². The number of hydrogen-bond acceptors (Lipinski definition) is 17. The van der Waals surface area contributed by atoms with Gasteiger partial charge in [0.25, 0.3) is 0 Å². The molecule has 3 N–H and O–H groups in total. The van der Waals surface area contributed by atoms with Gasteiger partial charge in [0, 0.05) is 72.0 Å². The van der Waals surface area contributed by atoms with Gasteiger partial charge in [-0.05, 0) is 118 Å². The van der Waals surface area contributed by atoms with Crippen LogP contribution in [0.3, 0.4) is 0 Å². The van der Waals surface area contributed by atoms with Gasteiger partial charge in [-0.1, -0.05) is 33.1 Å². The number of likely N-dealkylation sites (tertiary alicyclic amines) is 2. The van der Waals surface area contributed by atoms with Crippen molar-refractivity contribution in [2.45, 2.75) is 84.5 Å². The fraction of sp³-hybridized carbons (Fsp3) is 1.00. The third-order valence-electron chi connectivity index (χ3n) is 10.2. The molecule has 0 saturated carbocycles. The summed E-state index contributed by atoms with van der Waals surface area (Å²) < 4.78 is 92.7. The maximum atomic E-state index is 10.3. The van der Waals surface area contributed by atoms with E-state index < -0.39 is 30.4 Å². The molecule has 6 fully saturated rings. The molecule has 6 aliphatic rings. The molecular formula is C37H81N8Na3O9S3. The number of piperazine rings is 2. The Morgan fingerprint density at radius 2 is 0.633 bits per heavy atom. The van der Waals surface area contributed by atoms with Crippen LogP contribution >= 0.6 is 0 Å². The van der Waals surface area contributed by atoms with Crippen molar-refractivity contribution in [1.29, 1.82) is 0 Å². The predicted octanol–water partition coefficient (Wildman–Crippen LogP) is -8.50. The second-order valence-electron chi connectivity index (χ2n) is 15.4. The van der Waals surface area contributed by atoms with Crippen LogP contribution in [0.2, 0.25) is 0 Å². The largest absolute Gasteiger partial charge is 1.00 e. The summed E-state index contributed by atoms with van der Waals surface area (Å²) in [5.74, 6) is -0.781. The SMILES string of the molecule is C.C1CCNCC1.C1CCNCC1.CN1CCCCC1.CN1CCN(CCS(=O)(=O)[O-])CC1.O=S(=O)([O-])CCN1CCCCC1.O=S(=O)([O-])CCN1CCNCC1.[Na+].[Na+].[Na+]. The van der Waals surface area contributed by atoms with Gasteiger partial charge < -0.3 is 44.3 Å². The van der Waals surface area contributed by atoms with E-state index in [0.29, 0.717) is 19.6 Å². The molecular weight excluding hydrogens is 866 g/mol. The van der Waals surface area contributed by atoms with Gasteiger partial charge in [-0.3, -0.25) is 9.80 Å².